The van der Waals surface area contributed by atoms with Crippen molar-refractivity contribution in [3.63, 3.8) is 0 Å². The summed E-state index contributed by atoms with van der Waals surface area (Å²) < 4.78 is 40.8. The first kappa shape index (κ1) is 17.8. The van der Waals surface area contributed by atoms with Crippen molar-refractivity contribution in [2.24, 2.45) is 7.05 Å². The van der Waals surface area contributed by atoms with Gasteiger partial charge in [-0.1, -0.05) is 18.2 Å². The lowest BCUT2D eigenvalue weighted by Crippen LogP contribution is -2.32. The highest BCUT2D eigenvalue weighted by Gasteiger charge is 2.34. The Hall–Kier alpha value is -2.51. The maximum absolute atomic E-state index is 13.1. The lowest BCUT2D eigenvalue weighted by Gasteiger charge is -2.19. The molecule has 0 unspecified atom stereocenters. The molecule has 1 atom stereocenters. The number of halogens is 3. The fourth-order valence-corrected chi connectivity index (χ4v) is 2.51. The Morgan fingerprint density at radius 2 is 1.88 bits per heavy atom. The van der Waals surface area contributed by atoms with Crippen molar-refractivity contribution in [1.82, 2.24) is 15.1 Å². The highest BCUT2D eigenvalue weighted by atomic mass is 19.4. The number of anilines is 1. The molecule has 2 aromatic rings. The second-order valence-corrected chi connectivity index (χ2v) is 5.57. The van der Waals surface area contributed by atoms with E-state index >= 15 is 0 Å². The van der Waals surface area contributed by atoms with Gasteiger partial charge >= 0.3 is 12.2 Å². The van der Waals surface area contributed by atoms with Gasteiger partial charge in [0.15, 0.2) is 0 Å². The summed E-state index contributed by atoms with van der Waals surface area (Å²) in [6.07, 6.45) is -4.47. The normalized spacial score (nSPS) is 12.8. The minimum absolute atomic E-state index is 0.0137. The van der Waals surface area contributed by atoms with E-state index in [0.29, 0.717) is 11.4 Å². The van der Waals surface area contributed by atoms with Gasteiger partial charge in [-0.2, -0.15) is 18.3 Å². The van der Waals surface area contributed by atoms with Crippen molar-refractivity contribution >= 4 is 11.7 Å². The zero-order valence-corrected chi connectivity index (χ0v) is 13.8. The maximum atomic E-state index is 13.1. The number of aromatic nitrogens is 2. The van der Waals surface area contributed by atoms with E-state index in [1.807, 2.05) is 0 Å². The summed E-state index contributed by atoms with van der Waals surface area (Å²) in [6, 6.07) is 3.80. The number of alkyl halides is 3. The number of benzene rings is 1. The average Bonchev–Trinajstić information content (AvgIpc) is 2.73. The van der Waals surface area contributed by atoms with E-state index in [4.69, 9.17) is 0 Å². The van der Waals surface area contributed by atoms with Gasteiger partial charge < -0.3 is 10.6 Å². The van der Waals surface area contributed by atoms with Crippen LogP contribution in [0.15, 0.2) is 24.3 Å². The zero-order chi connectivity index (χ0) is 18.1. The molecule has 0 spiro atoms. The van der Waals surface area contributed by atoms with Gasteiger partial charge in [0.2, 0.25) is 0 Å². The smallest absolute Gasteiger partial charge is 0.331 e. The number of nitrogens with zero attached hydrogens (tertiary/aromatic N) is 2. The topological polar surface area (TPSA) is 59.0 Å². The second kappa shape index (κ2) is 6.54. The van der Waals surface area contributed by atoms with Crippen LogP contribution in [0.5, 0.6) is 0 Å². The van der Waals surface area contributed by atoms with Gasteiger partial charge in [-0.15, -0.1) is 0 Å². The van der Waals surface area contributed by atoms with Crippen molar-refractivity contribution in [2.75, 3.05) is 5.32 Å². The monoisotopic (exact) mass is 340 g/mol. The molecule has 2 rings (SSSR count). The second-order valence-electron chi connectivity index (χ2n) is 5.57. The minimum Gasteiger partial charge on any atom is -0.331 e. The van der Waals surface area contributed by atoms with Gasteiger partial charge in [-0.05, 0) is 32.4 Å². The van der Waals surface area contributed by atoms with E-state index in [1.54, 1.807) is 25.6 Å². The van der Waals surface area contributed by atoms with E-state index in [2.05, 4.69) is 15.7 Å². The maximum Gasteiger partial charge on any atom is 0.416 e. The van der Waals surface area contributed by atoms with Gasteiger partial charge in [0.25, 0.3) is 0 Å². The van der Waals surface area contributed by atoms with E-state index in [9.17, 15) is 18.0 Å². The molecule has 2 N–H and O–H groups in total. The summed E-state index contributed by atoms with van der Waals surface area (Å²) in [5.41, 5.74) is 1.19. The first-order chi connectivity index (χ1) is 11.1. The molecule has 0 bridgehead atoms. The summed E-state index contributed by atoms with van der Waals surface area (Å²) in [6.45, 7) is 5.04. The van der Waals surface area contributed by atoms with Crippen LogP contribution in [0.1, 0.15) is 35.5 Å². The third kappa shape index (κ3) is 3.69. The van der Waals surface area contributed by atoms with Crippen LogP contribution in [0.2, 0.25) is 0 Å². The summed E-state index contributed by atoms with van der Waals surface area (Å²) in [5, 5.41) is 9.35. The first-order valence-electron chi connectivity index (χ1n) is 7.35. The standard InChI is InChI=1S/C16H19F3N4O/c1-9(12-7-5-6-8-13(12)16(17,18)19)20-15(24)21-14-10(2)22-23(4)11(14)3/h5-9H,1-4H3,(H2,20,21,24)/t9-/m1/s1. The van der Waals surface area contributed by atoms with E-state index in [1.165, 1.54) is 25.1 Å². The Kier molecular flexibility index (Phi) is 4.86. The molecule has 1 aromatic carbocycles. The third-order valence-electron chi connectivity index (χ3n) is 3.83. The van der Waals surface area contributed by atoms with Crippen molar-refractivity contribution in [3.05, 3.63) is 46.8 Å². The van der Waals surface area contributed by atoms with Crippen LogP contribution in [-0.4, -0.2) is 15.8 Å². The molecule has 2 amide bonds. The molecular formula is C16H19F3N4O. The molecule has 0 saturated carbocycles. The SMILES string of the molecule is Cc1nn(C)c(C)c1NC(=O)N[C@H](C)c1ccccc1C(F)(F)F. The quantitative estimate of drug-likeness (QED) is 0.889. The molecule has 0 saturated heterocycles. The van der Waals surface area contributed by atoms with Crippen LogP contribution in [0.4, 0.5) is 23.7 Å². The summed E-state index contributed by atoms with van der Waals surface area (Å²) in [7, 11) is 1.74. The van der Waals surface area contributed by atoms with Crippen LogP contribution in [-0.2, 0) is 13.2 Å². The van der Waals surface area contributed by atoms with Gasteiger partial charge in [-0.3, -0.25) is 4.68 Å². The first-order valence-corrected chi connectivity index (χ1v) is 7.35. The number of urea groups is 1. The summed E-state index contributed by atoms with van der Waals surface area (Å²) in [4.78, 5) is 12.1. The average molecular weight is 340 g/mol. The number of amides is 2. The number of carbonyl (C=O) groups excluding carboxylic acids is 1. The Morgan fingerprint density at radius 3 is 2.42 bits per heavy atom. The Balaban J connectivity index is 2.16. The predicted octanol–water partition coefficient (Wildman–Crippen LogP) is 3.94. The molecule has 1 heterocycles. The molecule has 130 valence electrons. The Labute approximate surface area is 137 Å². The summed E-state index contributed by atoms with van der Waals surface area (Å²) >= 11 is 0. The highest BCUT2D eigenvalue weighted by Crippen LogP contribution is 2.34. The fraction of sp³-hybridized carbons (Fsp3) is 0.375. The summed E-state index contributed by atoms with van der Waals surface area (Å²) in [5.74, 6) is 0. The van der Waals surface area contributed by atoms with E-state index in [-0.39, 0.29) is 5.56 Å². The number of rotatable bonds is 3. The molecule has 0 aliphatic rings. The van der Waals surface area contributed by atoms with Crippen LogP contribution in [0, 0.1) is 13.8 Å². The fourth-order valence-electron chi connectivity index (χ4n) is 2.51. The molecule has 1 aromatic heterocycles. The van der Waals surface area contributed by atoms with Gasteiger partial charge in [0.05, 0.1) is 28.7 Å². The number of aryl methyl sites for hydroxylation is 2. The molecule has 5 nitrogen and oxygen atoms in total. The molecular weight excluding hydrogens is 321 g/mol. The van der Waals surface area contributed by atoms with Gasteiger partial charge in [-0.25, -0.2) is 4.79 Å². The molecule has 0 aliphatic heterocycles. The molecule has 24 heavy (non-hydrogen) atoms. The number of hydrogen-bond acceptors (Lipinski definition) is 2. The predicted molar refractivity (Wildman–Crippen MR) is 84.7 cm³/mol. The number of hydrogen-bond donors (Lipinski definition) is 2. The largest absolute Gasteiger partial charge is 0.416 e. The molecule has 0 fully saturated rings. The number of carbonyl (C=O) groups is 1. The van der Waals surface area contributed by atoms with E-state index < -0.39 is 23.8 Å². The number of nitrogens with one attached hydrogen (secondary N) is 2. The van der Waals surface area contributed by atoms with Crippen LogP contribution in [0.3, 0.4) is 0 Å². The third-order valence-corrected chi connectivity index (χ3v) is 3.83. The lowest BCUT2D eigenvalue weighted by atomic mass is 10.0. The van der Waals surface area contributed by atoms with Crippen molar-refractivity contribution in [2.45, 2.75) is 33.0 Å². The van der Waals surface area contributed by atoms with Crippen molar-refractivity contribution in [3.8, 4) is 0 Å². The van der Waals surface area contributed by atoms with Gasteiger partial charge in [0.1, 0.15) is 0 Å². The van der Waals surface area contributed by atoms with Crippen molar-refractivity contribution < 1.29 is 18.0 Å². The van der Waals surface area contributed by atoms with Gasteiger partial charge in [0, 0.05) is 7.05 Å². The van der Waals surface area contributed by atoms with Crippen molar-refractivity contribution in [1.29, 1.82) is 0 Å². The van der Waals surface area contributed by atoms with Crippen LogP contribution >= 0.6 is 0 Å². The van der Waals surface area contributed by atoms with E-state index in [0.717, 1.165) is 11.8 Å². The van der Waals surface area contributed by atoms with Crippen LogP contribution < -0.4 is 10.6 Å². The zero-order valence-electron chi connectivity index (χ0n) is 13.8. The Bertz CT molecular complexity index is 752. The minimum atomic E-state index is -4.47. The molecule has 0 radical (unpaired) electrons. The highest BCUT2D eigenvalue weighted by molar-refractivity contribution is 5.90. The molecule has 8 heteroatoms. The van der Waals surface area contributed by atoms with Crippen LogP contribution in [0.25, 0.3) is 0 Å². The Morgan fingerprint density at radius 1 is 1.25 bits per heavy atom. The lowest BCUT2D eigenvalue weighted by molar-refractivity contribution is -0.138. The molecule has 0 aliphatic carbocycles.